The van der Waals surface area contributed by atoms with Gasteiger partial charge >= 0.3 is 0 Å². The SMILES string of the molecule is O=S(=O)(c1ccc(Br)cc1)c1c(O)ccc2ccccc12. The van der Waals surface area contributed by atoms with Gasteiger partial charge in [0.15, 0.2) is 0 Å². The van der Waals surface area contributed by atoms with Gasteiger partial charge in [0, 0.05) is 9.86 Å². The number of hydrogen-bond donors (Lipinski definition) is 1. The molecular weight excluding hydrogens is 352 g/mol. The number of phenolic OH excluding ortho intramolecular Hbond substituents is 1. The minimum absolute atomic E-state index is 0.0528. The lowest BCUT2D eigenvalue weighted by atomic mass is 10.1. The van der Waals surface area contributed by atoms with Crippen molar-refractivity contribution in [3.63, 3.8) is 0 Å². The van der Waals surface area contributed by atoms with E-state index in [9.17, 15) is 13.5 Å². The van der Waals surface area contributed by atoms with Crippen molar-refractivity contribution >= 4 is 36.5 Å². The summed E-state index contributed by atoms with van der Waals surface area (Å²) in [7, 11) is -3.78. The summed E-state index contributed by atoms with van der Waals surface area (Å²) in [4.78, 5) is 0.0975. The van der Waals surface area contributed by atoms with Crippen molar-refractivity contribution in [1.29, 1.82) is 0 Å². The highest BCUT2D eigenvalue weighted by atomic mass is 79.9. The third-order valence-electron chi connectivity index (χ3n) is 3.25. The van der Waals surface area contributed by atoms with Crippen LogP contribution in [0.4, 0.5) is 0 Å². The largest absolute Gasteiger partial charge is 0.507 e. The van der Waals surface area contributed by atoms with Gasteiger partial charge in [-0.3, -0.25) is 0 Å². The first-order valence-corrected chi connectivity index (χ1v) is 8.49. The average molecular weight is 363 g/mol. The summed E-state index contributed by atoms with van der Waals surface area (Å²) in [6.07, 6.45) is 0. The molecule has 5 heteroatoms. The van der Waals surface area contributed by atoms with Gasteiger partial charge in [-0.05, 0) is 35.7 Å². The number of sulfone groups is 1. The molecule has 0 atom stereocenters. The van der Waals surface area contributed by atoms with Gasteiger partial charge in [0.25, 0.3) is 0 Å². The van der Waals surface area contributed by atoms with Gasteiger partial charge in [-0.1, -0.05) is 46.3 Å². The molecule has 3 aromatic rings. The third kappa shape index (κ3) is 2.43. The fourth-order valence-corrected chi connectivity index (χ4v) is 4.06. The van der Waals surface area contributed by atoms with E-state index in [0.717, 1.165) is 9.86 Å². The Hall–Kier alpha value is -1.85. The van der Waals surface area contributed by atoms with Gasteiger partial charge < -0.3 is 5.11 Å². The maximum Gasteiger partial charge on any atom is 0.210 e. The molecule has 3 rings (SSSR count). The Labute approximate surface area is 130 Å². The van der Waals surface area contributed by atoms with Crippen molar-refractivity contribution in [1.82, 2.24) is 0 Å². The molecule has 0 saturated carbocycles. The van der Waals surface area contributed by atoms with Crippen LogP contribution in [0.5, 0.6) is 5.75 Å². The minimum atomic E-state index is -3.78. The van der Waals surface area contributed by atoms with Crippen LogP contribution in [0.1, 0.15) is 0 Å². The van der Waals surface area contributed by atoms with E-state index in [1.54, 1.807) is 30.3 Å². The lowest BCUT2D eigenvalue weighted by Gasteiger charge is -2.10. The van der Waals surface area contributed by atoms with Crippen LogP contribution in [0.3, 0.4) is 0 Å². The summed E-state index contributed by atoms with van der Waals surface area (Å²) in [6.45, 7) is 0. The van der Waals surface area contributed by atoms with E-state index >= 15 is 0 Å². The van der Waals surface area contributed by atoms with Gasteiger partial charge in [-0.2, -0.15) is 0 Å². The second kappa shape index (κ2) is 5.16. The van der Waals surface area contributed by atoms with Crippen LogP contribution in [-0.4, -0.2) is 13.5 Å². The monoisotopic (exact) mass is 362 g/mol. The fourth-order valence-electron chi connectivity index (χ4n) is 2.25. The van der Waals surface area contributed by atoms with Crippen LogP contribution in [0, 0.1) is 0 Å². The van der Waals surface area contributed by atoms with Crippen molar-refractivity contribution in [3.8, 4) is 5.75 Å². The van der Waals surface area contributed by atoms with Gasteiger partial charge in [0.2, 0.25) is 9.84 Å². The molecule has 0 aliphatic carbocycles. The lowest BCUT2D eigenvalue weighted by molar-refractivity contribution is 0.460. The number of rotatable bonds is 2. The van der Waals surface area contributed by atoms with Crippen molar-refractivity contribution in [2.24, 2.45) is 0 Å². The standard InChI is InChI=1S/C16H11BrO3S/c17-12-6-8-13(9-7-12)21(19,20)16-14-4-2-1-3-11(14)5-10-15(16)18/h1-10,18H. The molecule has 0 spiro atoms. The first-order valence-electron chi connectivity index (χ1n) is 6.21. The predicted octanol–water partition coefficient (Wildman–Crippen LogP) is 4.14. The van der Waals surface area contributed by atoms with E-state index in [-0.39, 0.29) is 15.5 Å². The van der Waals surface area contributed by atoms with Crippen molar-refractivity contribution in [2.75, 3.05) is 0 Å². The van der Waals surface area contributed by atoms with Crippen LogP contribution < -0.4 is 0 Å². The molecule has 0 aliphatic heterocycles. The van der Waals surface area contributed by atoms with Crippen molar-refractivity contribution in [2.45, 2.75) is 9.79 Å². The predicted molar refractivity (Wildman–Crippen MR) is 85.2 cm³/mol. The summed E-state index contributed by atoms with van der Waals surface area (Å²) in [6, 6.07) is 16.6. The quantitative estimate of drug-likeness (QED) is 0.745. The summed E-state index contributed by atoms with van der Waals surface area (Å²) >= 11 is 3.28. The number of aromatic hydroxyl groups is 1. The van der Waals surface area contributed by atoms with Crippen LogP contribution in [0.15, 0.2) is 74.9 Å². The average Bonchev–Trinajstić information content (AvgIpc) is 2.47. The maximum atomic E-state index is 12.8. The molecule has 0 fully saturated rings. The highest BCUT2D eigenvalue weighted by Gasteiger charge is 2.24. The number of fused-ring (bicyclic) bond motifs is 1. The molecule has 0 heterocycles. The maximum absolute atomic E-state index is 12.8. The third-order valence-corrected chi connectivity index (χ3v) is 5.64. The zero-order valence-electron chi connectivity index (χ0n) is 10.8. The first-order chi connectivity index (χ1) is 10.00. The zero-order valence-corrected chi connectivity index (χ0v) is 13.2. The highest BCUT2D eigenvalue weighted by molar-refractivity contribution is 9.10. The van der Waals surface area contributed by atoms with Crippen LogP contribution in [0.25, 0.3) is 10.8 Å². The van der Waals surface area contributed by atoms with E-state index in [1.165, 1.54) is 18.2 Å². The summed E-state index contributed by atoms with van der Waals surface area (Å²) in [5.41, 5.74) is 0. The van der Waals surface area contributed by atoms with Gasteiger partial charge in [-0.25, -0.2) is 8.42 Å². The summed E-state index contributed by atoms with van der Waals surface area (Å²) in [5, 5.41) is 11.4. The van der Waals surface area contributed by atoms with E-state index in [0.29, 0.717) is 5.39 Å². The number of halogens is 1. The molecule has 0 amide bonds. The Bertz CT molecular complexity index is 916. The smallest absolute Gasteiger partial charge is 0.210 e. The Morgan fingerprint density at radius 3 is 2.24 bits per heavy atom. The van der Waals surface area contributed by atoms with E-state index < -0.39 is 9.84 Å². The van der Waals surface area contributed by atoms with Crippen molar-refractivity contribution < 1.29 is 13.5 Å². The van der Waals surface area contributed by atoms with Gasteiger partial charge in [-0.15, -0.1) is 0 Å². The molecule has 21 heavy (non-hydrogen) atoms. The first kappa shape index (κ1) is 14.1. The highest BCUT2D eigenvalue weighted by Crippen LogP contribution is 2.35. The van der Waals surface area contributed by atoms with E-state index in [2.05, 4.69) is 15.9 Å². The van der Waals surface area contributed by atoms with Crippen LogP contribution in [-0.2, 0) is 9.84 Å². The lowest BCUT2D eigenvalue weighted by Crippen LogP contribution is -2.03. The number of phenols is 1. The molecule has 106 valence electrons. The molecule has 3 aromatic carbocycles. The molecule has 0 unspecified atom stereocenters. The van der Waals surface area contributed by atoms with Gasteiger partial charge in [0.05, 0.1) is 4.90 Å². The molecule has 1 N–H and O–H groups in total. The summed E-state index contributed by atoms with van der Waals surface area (Å²) < 4.78 is 26.4. The minimum Gasteiger partial charge on any atom is -0.507 e. The Balaban J connectivity index is 2.33. The molecule has 0 saturated heterocycles. The van der Waals surface area contributed by atoms with Crippen molar-refractivity contribution in [3.05, 3.63) is 65.1 Å². The molecule has 0 aliphatic rings. The number of benzene rings is 3. The molecule has 0 aromatic heterocycles. The Kier molecular flexibility index (Phi) is 3.47. The molecule has 0 bridgehead atoms. The molecule has 3 nitrogen and oxygen atoms in total. The summed E-state index contributed by atoms with van der Waals surface area (Å²) in [5.74, 6) is -0.239. The van der Waals surface area contributed by atoms with E-state index in [1.807, 2.05) is 12.1 Å². The molecular formula is C16H11BrO3S. The second-order valence-corrected chi connectivity index (χ2v) is 7.39. The molecule has 0 radical (unpaired) electrons. The van der Waals surface area contributed by atoms with Crippen LogP contribution in [0.2, 0.25) is 0 Å². The van der Waals surface area contributed by atoms with Gasteiger partial charge in [0.1, 0.15) is 10.6 Å². The van der Waals surface area contributed by atoms with E-state index in [4.69, 9.17) is 0 Å². The van der Waals surface area contributed by atoms with Crippen LogP contribution >= 0.6 is 15.9 Å². The Morgan fingerprint density at radius 1 is 0.857 bits per heavy atom. The fraction of sp³-hybridized carbons (Fsp3) is 0. The normalized spacial score (nSPS) is 11.7. The second-order valence-electron chi connectivity index (χ2n) is 4.59. The zero-order chi connectivity index (χ0) is 15.0. The Morgan fingerprint density at radius 2 is 1.52 bits per heavy atom. The topological polar surface area (TPSA) is 54.4 Å². The number of hydrogen-bond acceptors (Lipinski definition) is 3.